The molecule has 3 nitrogen and oxygen atoms in total. The Bertz CT molecular complexity index is 443. The summed E-state index contributed by atoms with van der Waals surface area (Å²) in [7, 11) is 0. The molecule has 0 bridgehead atoms. The lowest BCUT2D eigenvalue weighted by atomic mass is 9.63. The van der Waals surface area contributed by atoms with Gasteiger partial charge in [0.25, 0.3) is 0 Å². The van der Waals surface area contributed by atoms with Crippen LogP contribution in [0.25, 0.3) is 0 Å². The standard InChI is InChI=1S/C16H22O3/c1-4-10-19-15(18)13-12(17)8-7-11-6-5-9-16(2,3)14(11)13/h4,13H,1,5-10H2,2-3H3. The number of hydrogen-bond donors (Lipinski definition) is 0. The summed E-state index contributed by atoms with van der Waals surface area (Å²) in [5, 5.41) is 0. The quantitative estimate of drug-likeness (QED) is 0.445. The monoisotopic (exact) mass is 262 g/mol. The zero-order valence-corrected chi connectivity index (χ0v) is 11.8. The van der Waals surface area contributed by atoms with E-state index in [2.05, 4.69) is 20.4 Å². The summed E-state index contributed by atoms with van der Waals surface area (Å²) in [6, 6.07) is 0. The molecule has 1 atom stereocenters. The Labute approximate surface area is 114 Å². The van der Waals surface area contributed by atoms with Crippen LogP contribution in [0.3, 0.4) is 0 Å². The van der Waals surface area contributed by atoms with Crippen molar-refractivity contribution in [1.82, 2.24) is 0 Å². The van der Waals surface area contributed by atoms with Crippen LogP contribution in [0.1, 0.15) is 46.0 Å². The van der Waals surface area contributed by atoms with Crippen LogP contribution >= 0.6 is 0 Å². The summed E-state index contributed by atoms with van der Waals surface area (Å²) in [5.74, 6) is -1.05. The van der Waals surface area contributed by atoms with E-state index in [-0.39, 0.29) is 17.8 Å². The number of ether oxygens (including phenoxy) is 1. The minimum Gasteiger partial charge on any atom is -0.461 e. The van der Waals surface area contributed by atoms with Gasteiger partial charge < -0.3 is 4.74 Å². The highest BCUT2D eigenvalue weighted by Gasteiger charge is 2.44. The van der Waals surface area contributed by atoms with Crippen molar-refractivity contribution < 1.29 is 14.3 Å². The number of hydrogen-bond acceptors (Lipinski definition) is 3. The van der Waals surface area contributed by atoms with E-state index in [0.717, 1.165) is 31.3 Å². The van der Waals surface area contributed by atoms with Gasteiger partial charge in [0.2, 0.25) is 0 Å². The van der Waals surface area contributed by atoms with Crippen molar-refractivity contribution >= 4 is 11.8 Å². The first-order valence-electron chi connectivity index (χ1n) is 7.00. The third-order valence-electron chi connectivity index (χ3n) is 4.25. The van der Waals surface area contributed by atoms with Crippen LogP contribution in [0.4, 0.5) is 0 Å². The predicted molar refractivity (Wildman–Crippen MR) is 73.5 cm³/mol. The lowest BCUT2D eigenvalue weighted by Crippen LogP contribution is -2.39. The Hall–Kier alpha value is -1.38. The molecule has 1 unspecified atom stereocenters. The first-order chi connectivity index (χ1) is 8.97. The topological polar surface area (TPSA) is 43.4 Å². The summed E-state index contributed by atoms with van der Waals surface area (Å²) in [4.78, 5) is 24.4. The minimum atomic E-state index is -0.668. The SMILES string of the molecule is C=CCOC(=O)C1C(=O)CCC2=C1C(C)(C)CCC2. The Morgan fingerprint density at radius 2 is 2.16 bits per heavy atom. The highest BCUT2D eigenvalue weighted by atomic mass is 16.5. The number of allylic oxidation sites excluding steroid dienone is 1. The lowest BCUT2D eigenvalue weighted by molar-refractivity contribution is -0.150. The molecular weight excluding hydrogens is 240 g/mol. The van der Waals surface area contributed by atoms with E-state index in [9.17, 15) is 9.59 Å². The van der Waals surface area contributed by atoms with Crippen molar-refractivity contribution in [1.29, 1.82) is 0 Å². The third-order valence-corrected chi connectivity index (χ3v) is 4.25. The van der Waals surface area contributed by atoms with Gasteiger partial charge in [0.05, 0.1) is 0 Å². The van der Waals surface area contributed by atoms with Gasteiger partial charge in [0.1, 0.15) is 12.5 Å². The van der Waals surface area contributed by atoms with Gasteiger partial charge in [-0.2, -0.15) is 0 Å². The normalized spacial score (nSPS) is 25.8. The largest absolute Gasteiger partial charge is 0.461 e. The fraction of sp³-hybridized carbons (Fsp3) is 0.625. The van der Waals surface area contributed by atoms with E-state index >= 15 is 0 Å². The van der Waals surface area contributed by atoms with Gasteiger partial charge in [-0.05, 0) is 36.7 Å². The average Bonchev–Trinajstić information content (AvgIpc) is 2.36. The summed E-state index contributed by atoms with van der Waals surface area (Å²) < 4.78 is 5.13. The number of carbonyl (C=O) groups excluding carboxylic acids is 2. The average molecular weight is 262 g/mol. The molecule has 3 heteroatoms. The fourth-order valence-electron chi connectivity index (χ4n) is 3.40. The van der Waals surface area contributed by atoms with Gasteiger partial charge in [-0.15, -0.1) is 0 Å². The molecule has 0 aromatic rings. The second kappa shape index (κ2) is 5.32. The molecule has 0 spiro atoms. The molecule has 0 saturated heterocycles. The molecule has 0 aromatic carbocycles. The molecule has 0 amide bonds. The zero-order chi connectivity index (χ0) is 14.0. The molecule has 19 heavy (non-hydrogen) atoms. The Morgan fingerprint density at radius 1 is 1.42 bits per heavy atom. The summed E-state index contributed by atoms with van der Waals surface area (Å²) in [6.07, 6.45) is 6.04. The highest BCUT2D eigenvalue weighted by Crippen LogP contribution is 2.48. The Kier molecular flexibility index (Phi) is 3.93. The number of esters is 1. The van der Waals surface area contributed by atoms with Crippen LogP contribution < -0.4 is 0 Å². The van der Waals surface area contributed by atoms with Crippen molar-refractivity contribution in [2.24, 2.45) is 11.3 Å². The summed E-state index contributed by atoms with van der Waals surface area (Å²) in [6.45, 7) is 7.97. The molecule has 2 rings (SSSR count). The van der Waals surface area contributed by atoms with Gasteiger partial charge in [-0.25, -0.2) is 0 Å². The Balaban J connectivity index is 2.35. The molecule has 2 aliphatic rings. The third kappa shape index (κ3) is 2.65. The number of Topliss-reactive ketones (excluding diaryl/α,β-unsaturated/α-hetero) is 1. The van der Waals surface area contributed by atoms with Crippen LogP contribution in [0.2, 0.25) is 0 Å². The number of carbonyl (C=O) groups is 2. The first-order valence-corrected chi connectivity index (χ1v) is 7.00. The van der Waals surface area contributed by atoms with Gasteiger partial charge >= 0.3 is 5.97 Å². The minimum absolute atomic E-state index is 0.0165. The van der Waals surface area contributed by atoms with Crippen molar-refractivity contribution in [3.8, 4) is 0 Å². The molecule has 0 aliphatic heterocycles. The van der Waals surface area contributed by atoms with E-state index in [1.807, 2.05) is 0 Å². The van der Waals surface area contributed by atoms with Crippen molar-refractivity contribution in [3.63, 3.8) is 0 Å². The second-order valence-corrected chi connectivity index (χ2v) is 6.07. The van der Waals surface area contributed by atoms with E-state index in [1.54, 1.807) is 0 Å². The van der Waals surface area contributed by atoms with Gasteiger partial charge in [0, 0.05) is 6.42 Å². The smallest absolute Gasteiger partial charge is 0.321 e. The zero-order valence-electron chi connectivity index (χ0n) is 11.8. The fourth-order valence-corrected chi connectivity index (χ4v) is 3.40. The van der Waals surface area contributed by atoms with Crippen LogP contribution in [0, 0.1) is 11.3 Å². The predicted octanol–water partition coefficient (Wildman–Crippen LogP) is 3.20. The number of rotatable bonds is 3. The maximum atomic E-state index is 12.2. The maximum absolute atomic E-state index is 12.2. The lowest BCUT2D eigenvalue weighted by Gasteiger charge is -2.40. The van der Waals surface area contributed by atoms with E-state index < -0.39 is 11.9 Å². The first kappa shape index (κ1) is 14.0. The molecule has 0 fully saturated rings. The summed E-state index contributed by atoms with van der Waals surface area (Å²) >= 11 is 0. The highest BCUT2D eigenvalue weighted by molar-refractivity contribution is 6.03. The van der Waals surface area contributed by atoms with Crippen molar-refractivity contribution in [3.05, 3.63) is 23.8 Å². The van der Waals surface area contributed by atoms with Crippen LogP contribution in [0.15, 0.2) is 23.8 Å². The van der Waals surface area contributed by atoms with Crippen LogP contribution in [-0.4, -0.2) is 18.4 Å². The van der Waals surface area contributed by atoms with Gasteiger partial charge in [-0.1, -0.05) is 32.1 Å². The van der Waals surface area contributed by atoms with E-state index in [4.69, 9.17) is 4.74 Å². The van der Waals surface area contributed by atoms with E-state index in [0.29, 0.717) is 6.42 Å². The number of ketones is 1. The van der Waals surface area contributed by atoms with Gasteiger partial charge in [-0.3, -0.25) is 9.59 Å². The van der Waals surface area contributed by atoms with Crippen LogP contribution in [-0.2, 0) is 14.3 Å². The molecular formula is C16H22O3. The summed E-state index contributed by atoms with van der Waals surface area (Å²) in [5.41, 5.74) is 2.29. The molecule has 0 aromatic heterocycles. The molecule has 0 N–H and O–H groups in total. The molecule has 0 saturated carbocycles. The molecule has 2 aliphatic carbocycles. The van der Waals surface area contributed by atoms with Crippen molar-refractivity contribution in [2.45, 2.75) is 46.0 Å². The molecule has 0 radical (unpaired) electrons. The van der Waals surface area contributed by atoms with Crippen LogP contribution in [0.5, 0.6) is 0 Å². The second-order valence-electron chi connectivity index (χ2n) is 6.07. The van der Waals surface area contributed by atoms with Gasteiger partial charge in [0.15, 0.2) is 5.78 Å². The maximum Gasteiger partial charge on any atom is 0.321 e. The van der Waals surface area contributed by atoms with E-state index in [1.165, 1.54) is 11.6 Å². The molecule has 0 heterocycles. The Morgan fingerprint density at radius 3 is 2.84 bits per heavy atom. The molecule has 104 valence electrons. The van der Waals surface area contributed by atoms with Crippen molar-refractivity contribution in [2.75, 3.05) is 6.61 Å².